The van der Waals surface area contributed by atoms with Crippen LogP contribution in [0, 0.1) is 0 Å². The number of carbonyl (C=O) groups excluding carboxylic acids is 1. The highest BCUT2D eigenvalue weighted by Crippen LogP contribution is 2.01. The fraction of sp³-hybridized carbons (Fsp3) is 0.923. The summed E-state index contributed by atoms with van der Waals surface area (Å²) in [6, 6.07) is 0. The summed E-state index contributed by atoms with van der Waals surface area (Å²) in [7, 11) is 0. The number of hydrogen-bond donors (Lipinski definition) is 1. The van der Waals surface area contributed by atoms with E-state index in [1.807, 2.05) is 13.8 Å². The lowest BCUT2D eigenvalue weighted by Crippen LogP contribution is -2.28. The molecule has 0 aromatic heterocycles. The molecule has 0 spiro atoms. The summed E-state index contributed by atoms with van der Waals surface area (Å²) in [5, 5.41) is 0. The van der Waals surface area contributed by atoms with Crippen LogP contribution >= 0.6 is 0 Å². The highest BCUT2D eigenvalue weighted by Gasteiger charge is 2.16. The molecule has 0 heterocycles. The van der Waals surface area contributed by atoms with Crippen molar-refractivity contribution in [2.24, 2.45) is 5.73 Å². The molecule has 0 bridgehead atoms. The molecule has 114 valence electrons. The van der Waals surface area contributed by atoms with Crippen LogP contribution in [0.4, 0.5) is 0 Å². The lowest BCUT2D eigenvalue weighted by molar-refractivity contribution is -0.161. The van der Waals surface area contributed by atoms with Crippen LogP contribution in [-0.2, 0) is 23.7 Å². The smallest absolute Gasteiger partial charge is 0.335 e. The molecule has 0 aromatic rings. The van der Waals surface area contributed by atoms with E-state index in [9.17, 15) is 4.79 Å². The maximum atomic E-state index is 11.5. The third-order valence-corrected chi connectivity index (χ3v) is 2.45. The molecule has 6 nitrogen and oxygen atoms in total. The average molecular weight is 277 g/mol. The van der Waals surface area contributed by atoms with Crippen LogP contribution in [0.3, 0.4) is 0 Å². The first-order valence-electron chi connectivity index (χ1n) is 6.79. The van der Waals surface area contributed by atoms with E-state index in [1.54, 1.807) is 6.92 Å². The number of hydrogen-bond acceptors (Lipinski definition) is 6. The molecule has 0 saturated carbocycles. The summed E-state index contributed by atoms with van der Waals surface area (Å²) in [5.41, 5.74) is 5.27. The van der Waals surface area contributed by atoms with Gasteiger partial charge in [0.15, 0.2) is 6.10 Å². The molecule has 0 aliphatic rings. The van der Waals surface area contributed by atoms with E-state index in [-0.39, 0.29) is 12.1 Å². The number of carbonyl (C=O) groups is 1. The summed E-state index contributed by atoms with van der Waals surface area (Å²) in [5.74, 6) is -0.333. The Bertz CT molecular complexity index is 225. The van der Waals surface area contributed by atoms with Gasteiger partial charge >= 0.3 is 5.97 Å². The summed E-state index contributed by atoms with van der Waals surface area (Å²) in [6.07, 6.45) is 0.158. The second kappa shape index (κ2) is 12.3. The third-order valence-electron chi connectivity index (χ3n) is 2.45. The number of ether oxygens (including phenoxy) is 4. The number of rotatable bonds is 12. The van der Waals surface area contributed by atoms with Crippen LogP contribution in [0.25, 0.3) is 0 Å². The van der Waals surface area contributed by atoms with Crippen molar-refractivity contribution < 1.29 is 23.7 Å². The molecular weight excluding hydrogens is 250 g/mol. The van der Waals surface area contributed by atoms with Gasteiger partial charge in [-0.05, 0) is 20.3 Å². The van der Waals surface area contributed by atoms with E-state index in [2.05, 4.69) is 0 Å². The summed E-state index contributed by atoms with van der Waals surface area (Å²) >= 11 is 0. The Labute approximate surface area is 115 Å². The van der Waals surface area contributed by atoms with E-state index >= 15 is 0 Å². The Morgan fingerprint density at radius 2 is 1.63 bits per heavy atom. The highest BCUT2D eigenvalue weighted by atomic mass is 16.6. The van der Waals surface area contributed by atoms with Gasteiger partial charge in [0.2, 0.25) is 0 Å². The van der Waals surface area contributed by atoms with E-state index in [1.165, 1.54) is 0 Å². The molecule has 0 aliphatic heterocycles. The lowest BCUT2D eigenvalue weighted by Gasteiger charge is -2.16. The molecule has 0 fully saturated rings. The second-order valence-corrected chi connectivity index (χ2v) is 4.18. The molecule has 6 heteroatoms. The van der Waals surface area contributed by atoms with Gasteiger partial charge in [-0.3, -0.25) is 0 Å². The molecule has 0 radical (unpaired) electrons. The molecule has 2 unspecified atom stereocenters. The standard InChI is InChI=1S/C13H27NO5/c1-4-11(2)19-13(15)12(3)18-10-9-17-8-7-16-6-5-14/h11-12H,4-10,14H2,1-3H3. The zero-order valence-corrected chi connectivity index (χ0v) is 12.2. The predicted molar refractivity (Wildman–Crippen MR) is 72.0 cm³/mol. The van der Waals surface area contributed by atoms with E-state index in [4.69, 9.17) is 24.7 Å². The topological polar surface area (TPSA) is 80.0 Å². The summed E-state index contributed by atoms with van der Waals surface area (Å²) < 4.78 is 20.9. The van der Waals surface area contributed by atoms with Gasteiger partial charge in [0, 0.05) is 6.54 Å². The Balaban J connectivity index is 3.42. The first-order chi connectivity index (χ1) is 9.11. The van der Waals surface area contributed by atoms with E-state index < -0.39 is 6.10 Å². The zero-order valence-electron chi connectivity index (χ0n) is 12.2. The zero-order chi connectivity index (χ0) is 14.5. The van der Waals surface area contributed by atoms with E-state index in [0.29, 0.717) is 39.6 Å². The van der Waals surface area contributed by atoms with Crippen LogP contribution in [-0.4, -0.2) is 57.8 Å². The van der Waals surface area contributed by atoms with Gasteiger partial charge in [-0.2, -0.15) is 0 Å². The molecular formula is C13H27NO5. The molecule has 2 atom stereocenters. The maximum Gasteiger partial charge on any atom is 0.335 e. The lowest BCUT2D eigenvalue weighted by atomic mass is 10.3. The molecule has 0 aliphatic carbocycles. The minimum absolute atomic E-state index is 0.0745. The van der Waals surface area contributed by atoms with Gasteiger partial charge in [-0.1, -0.05) is 6.92 Å². The number of nitrogens with two attached hydrogens (primary N) is 1. The van der Waals surface area contributed by atoms with Gasteiger partial charge in [0.25, 0.3) is 0 Å². The van der Waals surface area contributed by atoms with Crippen LogP contribution in [0.2, 0.25) is 0 Å². The van der Waals surface area contributed by atoms with Gasteiger partial charge < -0.3 is 24.7 Å². The highest BCUT2D eigenvalue weighted by molar-refractivity contribution is 5.74. The Hall–Kier alpha value is -0.690. The minimum atomic E-state index is -0.564. The van der Waals surface area contributed by atoms with Crippen molar-refractivity contribution in [1.29, 1.82) is 0 Å². The molecule has 0 rings (SSSR count). The second-order valence-electron chi connectivity index (χ2n) is 4.18. The molecule has 0 saturated heterocycles. The largest absolute Gasteiger partial charge is 0.461 e. The monoisotopic (exact) mass is 277 g/mol. The summed E-state index contributed by atoms with van der Waals surface area (Å²) in [6.45, 7) is 8.34. The Morgan fingerprint density at radius 1 is 1.05 bits per heavy atom. The molecule has 19 heavy (non-hydrogen) atoms. The van der Waals surface area contributed by atoms with Gasteiger partial charge in [0.05, 0.1) is 39.1 Å². The Morgan fingerprint density at radius 3 is 2.21 bits per heavy atom. The van der Waals surface area contributed by atoms with Gasteiger partial charge in [-0.15, -0.1) is 0 Å². The molecule has 0 amide bonds. The van der Waals surface area contributed by atoms with Crippen molar-refractivity contribution in [1.82, 2.24) is 0 Å². The van der Waals surface area contributed by atoms with Crippen molar-refractivity contribution in [2.75, 3.05) is 39.6 Å². The van der Waals surface area contributed by atoms with Crippen molar-refractivity contribution in [3.05, 3.63) is 0 Å². The quantitative estimate of drug-likeness (QED) is 0.418. The molecule has 0 aromatic carbocycles. The normalized spacial score (nSPS) is 14.1. The first kappa shape index (κ1) is 18.3. The SMILES string of the molecule is CCC(C)OC(=O)C(C)OCCOCCOCCN. The fourth-order valence-electron chi connectivity index (χ4n) is 1.13. The third kappa shape index (κ3) is 10.9. The van der Waals surface area contributed by atoms with Crippen molar-refractivity contribution in [2.45, 2.75) is 39.4 Å². The molecule has 2 N–H and O–H groups in total. The van der Waals surface area contributed by atoms with E-state index in [0.717, 1.165) is 6.42 Å². The van der Waals surface area contributed by atoms with Crippen molar-refractivity contribution in [3.63, 3.8) is 0 Å². The first-order valence-corrected chi connectivity index (χ1v) is 6.79. The minimum Gasteiger partial charge on any atom is -0.461 e. The van der Waals surface area contributed by atoms with Crippen LogP contribution < -0.4 is 5.73 Å². The van der Waals surface area contributed by atoms with Gasteiger partial charge in [0.1, 0.15) is 0 Å². The van der Waals surface area contributed by atoms with Crippen molar-refractivity contribution >= 4 is 5.97 Å². The Kier molecular flexibility index (Phi) is 11.9. The van der Waals surface area contributed by atoms with Crippen molar-refractivity contribution in [3.8, 4) is 0 Å². The van der Waals surface area contributed by atoms with Crippen LogP contribution in [0.5, 0.6) is 0 Å². The van der Waals surface area contributed by atoms with Crippen LogP contribution in [0.15, 0.2) is 0 Å². The fourth-order valence-corrected chi connectivity index (χ4v) is 1.13. The number of esters is 1. The summed E-state index contributed by atoms with van der Waals surface area (Å²) in [4.78, 5) is 11.5. The average Bonchev–Trinajstić information content (AvgIpc) is 2.41. The van der Waals surface area contributed by atoms with Crippen LogP contribution in [0.1, 0.15) is 27.2 Å². The predicted octanol–water partition coefficient (Wildman–Crippen LogP) is 0.725. The van der Waals surface area contributed by atoms with Gasteiger partial charge in [-0.25, -0.2) is 4.79 Å². The maximum absolute atomic E-state index is 11.5.